The van der Waals surface area contributed by atoms with E-state index in [-0.39, 0.29) is 5.41 Å². The lowest BCUT2D eigenvalue weighted by molar-refractivity contribution is 0.169. The third kappa shape index (κ3) is 2.13. The van der Waals surface area contributed by atoms with Crippen molar-refractivity contribution in [1.29, 1.82) is 0 Å². The maximum atomic E-state index is 6.04. The molecule has 1 heterocycles. The van der Waals surface area contributed by atoms with Crippen molar-refractivity contribution in [2.45, 2.75) is 25.2 Å². The van der Waals surface area contributed by atoms with Crippen molar-refractivity contribution in [3.8, 4) is 0 Å². The van der Waals surface area contributed by atoms with Gasteiger partial charge in [-0.1, -0.05) is 37.3 Å². The summed E-state index contributed by atoms with van der Waals surface area (Å²) in [4.78, 5) is 2.51. The van der Waals surface area contributed by atoms with Gasteiger partial charge < -0.3 is 10.6 Å². The van der Waals surface area contributed by atoms with E-state index in [1.807, 2.05) is 0 Å². The van der Waals surface area contributed by atoms with E-state index in [0.29, 0.717) is 0 Å². The van der Waals surface area contributed by atoms with E-state index in [9.17, 15) is 0 Å². The lowest BCUT2D eigenvalue weighted by Crippen LogP contribution is -2.46. The van der Waals surface area contributed by atoms with Gasteiger partial charge in [-0.25, -0.2) is 0 Å². The molecule has 0 amide bonds. The minimum absolute atomic E-state index is 0.229. The predicted molar refractivity (Wildman–Crippen MR) is 68.5 cm³/mol. The maximum absolute atomic E-state index is 6.04. The number of benzene rings is 1. The molecule has 88 valence electrons. The first-order valence-electron chi connectivity index (χ1n) is 6.29. The lowest BCUT2D eigenvalue weighted by Gasteiger charge is -2.41. The van der Waals surface area contributed by atoms with Crippen molar-refractivity contribution in [2.24, 2.45) is 5.73 Å². The molecule has 0 bridgehead atoms. The molecule has 0 unspecified atom stereocenters. The summed E-state index contributed by atoms with van der Waals surface area (Å²) in [5.74, 6) is 0. The normalized spacial score (nSPS) is 20.9. The van der Waals surface area contributed by atoms with Crippen LogP contribution in [0.5, 0.6) is 0 Å². The molecular weight excluding hydrogens is 196 g/mol. The summed E-state index contributed by atoms with van der Waals surface area (Å²) in [6, 6.07) is 10.8. The fraction of sp³-hybridized carbons (Fsp3) is 0.571. The standard InChI is InChI=1S/C14H22N2/c1-2-16-10-8-14(12-15,9-11-16)13-6-4-3-5-7-13/h3-7H,2,8-12,15H2,1H3. The second kappa shape index (κ2) is 4.98. The molecule has 1 aliphatic rings. The zero-order chi connectivity index (χ0) is 11.4. The molecule has 1 fully saturated rings. The smallest absolute Gasteiger partial charge is 0.00998 e. The number of hydrogen-bond donors (Lipinski definition) is 1. The van der Waals surface area contributed by atoms with E-state index < -0.39 is 0 Å². The van der Waals surface area contributed by atoms with Gasteiger partial charge in [0.1, 0.15) is 0 Å². The molecule has 2 rings (SSSR count). The minimum atomic E-state index is 0.229. The maximum Gasteiger partial charge on any atom is 0.00998 e. The van der Waals surface area contributed by atoms with Crippen molar-refractivity contribution in [3.05, 3.63) is 35.9 Å². The Kier molecular flexibility index (Phi) is 3.62. The van der Waals surface area contributed by atoms with Crippen LogP contribution in [0.2, 0.25) is 0 Å². The Balaban J connectivity index is 2.16. The van der Waals surface area contributed by atoms with Crippen LogP contribution < -0.4 is 5.73 Å². The highest BCUT2D eigenvalue weighted by Gasteiger charge is 2.34. The SMILES string of the molecule is CCN1CCC(CN)(c2ccccc2)CC1. The fourth-order valence-electron chi connectivity index (χ4n) is 2.70. The topological polar surface area (TPSA) is 29.3 Å². The second-order valence-corrected chi connectivity index (χ2v) is 4.78. The van der Waals surface area contributed by atoms with Gasteiger partial charge in [0.25, 0.3) is 0 Å². The largest absolute Gasteiger partial charge is 0.330 e. The first-order chi connectivity index (χ1) is 7.80. The molecule has 1 aromatic rings. The van der Waals surface area contributed by atoms with Crippen LogP contribution in [0.25, 0.3) is 0 Å². The number of hydrogen-bond acceptors (Lipinski definition) is 2. The van der Waals surface area contributed by atoms with E-state index in [4.69, 9.17) is 5.73 Å². The molecule has 2 heteroatoms. The van der Waals surface area contributed by atoms with Crippen molar-refractivity contribution in [2.75, 3.05) is 26.2 Å². The van der Waals surface area contributed by atoms with Gasteiger partial charge in [-0.2, -0.15) is 0 Å². The zero-order valence-electron chi connectivity index (χ0n) is 10.2. The summed E-state index contributed by atoms with van der Waals surface area (Å²) >= 11 is 0. The predicted octanol–water partition coefficient (Wildman–Crippen LogP) is 2.00. The molecular formula is C14H22N2. The lowest BCUT2D eigenvalue weighted by atomic mass is 9.73. The first-order valence-corrected chi connectivity index (χ1v) is 6.29. The summed E-state index contributed by atoms with van der Waals surface area (Å²) < 4.78 is 0. The van der Waals surface area contributed by atoms with Crippen LogP contribution in [0.3, 0.4) is 0 Å². The molecule has 0 aromatic heterocycles. The Labute approximate surface area is 98.4 Å². The van der Waals surface area contributed by atoms with E-state index in [1.165, 1.54) is 31.5 Å². The van der Waals surface area contributed by atoms with Crippen LogP contribution in [0, 0.1) is 0 Å². The van der Waals surface area contributed by atoms with Crippen molar-refractivity contribution < 1.29 is 0 Å². The van der Waals surface area contributed by atoms with Crippen LogP contribution >= 0.6 is 0 Å². The Bertz CT molecular complexity index is 313. The third-order valence-corrected chi connectivity index (χ3v) is 4.04. The Morgan fingerprint density at radius 1 is 1.19 bits per heavy atom. The highest BCUT2D eigenvalue weighted by atomic mass is 15.1. The van der Waals surface area contributed by atoms with Gasteiger partial charge in [0.15, 0.2) is 0 Å². The number of nitrogens with zero attached hydrogens (tertiary/aromatic N) is 1. The van der Waals surface area contributed by atoms with Crippen molar-refractivity contribution in [3.63, 3.8) is 0 Å². The van der Waals surface area contributed by atoms with Gasteiger partial charge in [-0.15, -0.1) is 0 Å². The Morgan fingerprint density at radius 3 is 2.31 bits per heavy atom. The van der Waals surface area contributed by atoms with Crippen LogP contribution in [0.4, 0.5) is 0 Å². The fourth-order valence-corrected chi connectivity index (χ4v) is 2.70. The molecule has 1 aliphatic heterocycles. The van der Waals surface area contributed by atoms with Gasteiger partial charge in [-0.3, -0.25) is 0 Å². The summed E-state index contributed by atoms with van der Waals surface area (Å²) in [6.07, 6.45) is 2.39. The first kappa shape index (κ1) is 11.6. The molecule has 1 saturated heterocycles. The number of rotatable bonds is 3. The highest BCUT2D eigenvalue weighted by molar-refractivity contribution is 5.26. The molecule has 16 heavy (non-hydrogen) atoms. The van der Waals surface area contributed by atoms with Crippen LogP contribution in [0.15, 0.2) is 30.3 Å². The van der Waals surface area contributed by atoms with Gasteiger partial charge >= 0.3 is 0 Å². The second-order valence-electron chi connectivity index (χ2n) is 4.78. The van der Waals surface area contributed by atoms with Crippen molar-refractivity contribution in [1.82, 2.24) is 4.90 Å². The van der Waals surface area contributed by atoms with Gasteiger partial charge in [0.2, 0.25) is 0 Å². The summed E-state index contributed by atoms with van der Waals surface area (Å²) in [7, 11) is 0. The van der Waals surface area contributed by atoms with E-state index in [0.717, 1.165) is 13.1 Å². The van der Waals surface area contributed by atoms with E-state index in [2.05, 4.69) is 42.2 Å². The highest BCUT2D eigenvalue weighted by Crippen LogP contribution is 2.34. The van der Waals surface area contributed by atoms with Crippen LogP contribution in [-0.2, 0) is 5.41 Å². The van der Waals surface area contributed by atoms with Crippen molar-refractivity contribution >= 4 is 0 Å². The van der Waals surface area contributed by atoms with Gasteiger partial charge in [0, 0.05) is 12.0 Å². The third-order valence-electron chi connectivity index (χ3n) is 4.04. The average molecular weight is 218 g/mol. The summed E-state index contributed by atoms with van der Waals surface area (Å²) in [6.45, 7) is 6.53. The Hall–Kier alpha value is -0.860. The molecule has 2 nitrogen and oxygen atoms in total. The number of likely N-dealkylation sites (tertiary alicyclic amines) is 1. The number of nitrogens with two attached hydrogens (primary N) is 1. The molecule has 0 spiro atoms. The quantitative estimate of drug-likeness (QED) is 0.841. The molecule has 0 atom stereocenters. The van der Waals surface area contributed by atoms with E-state index in [1.54, 1.807) is 0 Å². The van der Waals surface area contributed by atoms with E-state index >= 15 is 0 Å². The van der Waals surface area contributed by atoms with Crippen LogP contribution in [-0.4, -0.2) is 31.1 Å². The molecule has 1 aromatic carbocycles. The van der Waals surface area contributed by atoms with Gasteiger partial charge in [-0.05, 0) is 38.0 Å². The molecule has 0 saturated carbocycles. The molecule has 2 N–H and O–H groups in total. The monoisotopic (exact) mass is 218 g/mol. The molecule has 0 radical (unpaired) electrons. The summed E-state index contributed by atoms with van der Waals surface area (Å²) in [5.41, 5.74) is 7.69. The average Bonchev–Trinajstić information content (AvgIpc) is 2.40. The zero-order valence-corrected chi connectivity index (χ0v) is 10.2. The minimum Gasteiger partial charge on any atom is -0.330 e. The summed E-state index contributed by atoms with van der Waals surface area (Å²) in [5, 5.41) is 0. The van der Waals surface area contributed by atoms with Gasteiger partial charge in [0.05, 0.1) is 0 Å². The molecule has 0 aliphatic carbocycles. The number of piperidine rings is 1. The van der Waals surface area contributed by atoms with Crippen LogP contribution in [0.1, 0.15) is 25.3 Å². The Morgan fingerprint density at radius 2 is 1.81 bits per heavy atom.